The van der Waals surface area contributed by atoms with Crippen LogP contribution in [0.4, 0.5) is 23.1 Å². The van der Waals surface area contributed by atoms with Crippen molar-refractivity contribution in [2.75, 3.05) is 76.2 Å². The predicted octanol–water partition coefficient (Wildman–Crippen LogP) is 5.65. The molecule has 2 aromatic carbocycles. The van der Waals surface area contributed by atoms with Gasteiger partial charge in [0.05, 0.1) is 46.5 Å². The quantitative estimate of drug-likeness (QED) is 0.165. The maximum absolute atomic E-state index is 13.1. The molecule has 6 rings (SSSR count). The molecular weight excluding hydrogens is 681 g/mol. The van der Waals surface area contributed by atoms with Crippen LogP contribution in [0.25, 0.3) is 11.3 Å². The lowest BCUT2D eigenvalue weighted by Gasteiger charge is -2.36. The van der Waals surface area contributed by atoms with E-state index in [1.54, 1.807) is 44.3 Å². The minimum atomic E-state index is -3.53. The van der Waals surface area contributed by atoms with Crippen LogP contribution in [0.3, 0.4) is 0 Å². The molecule has 0 unspecified atom stereocenters. The van der Waals surface area contributed by atoms with Crippen molar-refractivity contribution >= 4 is 33.0 Å². The number of piperazine rings is 1. The summed E-state index contributed by atoms with van der Waals surface area (Å²) in [5, 5.41) is 10.5. The summed E-state index contributed by atoms with van der Waals surface area (Å²) in [5.41, 5.74) is 4.63. The van der Waals surface area contributed by atoms with Crippen molar-refractivity contribution in [1.82, 2.24) is 29.8 Å². The highest BCUT2D eigenvalue weighted by Crippen LogP contribution is 2.37. The van der Waals surface area contributed by atoms with Gasteiger partial charge in [-0.25, -0.2) is 13.4 Å². The normalized spacial score (nSPS) is 16.5. The number of nitrogens with one attached hydrogen (secondary N) is 2. The van der Waals surface area contributed by atoms with Gasteiger partial charge in [-0.3, -0.25) is 14.7 Å². The first-order valence-corrected chi connectivity index (χ1v) is 19.7. The van der Waals surface area contributed by atoms with Crippen molar-refractivity contribution in [3.05, 3.63) is 65.5 Å². The average Bonchev–Trinajstić information content (AvgIpc) is 3.58. The van der Waals surface area contributed by atoms with E-state index in [0.717, 1.165) is 94.5 Å². The molecule has 13 nitrogen and oxygen atoms in total. The van der Waals surface area contributed by atoms with Crippen LogP contribution >= 0.6 is 0 Å². The Morgan fingerprint density at radius 1 is 0.846 bits per heavy atom. The van der Waals surface area contributed by atoms with Crippen molar-refractivity contribution in [3.8, 4) is 17.1 Å². The molecule has 2 aromatic heterocycles. The summed E-state index contributed by atoms with van der Waals surface area (Å²) in [7, 11) is -3.53. The summed E-state index contributed by atoms with van der Waals surface area (Å²) >= 11 is 0. The second-order valence-electron chi connectivity index (χ2n) is 14.1. The van der Waals surface area contributed by atoms with Crippen molar-refractivity contribution in [1.29, 1.82) is 0 Å². The molecule has 0 atom stereocenters. The van der Waals surface area contributed by atoms with Crippen LogP contribution in [0.2, 0.25) is 0 Å². The predicted molar refractivity (Wildman–Crippen MR) is 204 cm³/mol. The number of morpholine rings is 1. The Kier molecular flexibility index (Phi) is 12.1. The van der Waals surface area contributed by atoms with E-state index in [4.69, 9.17) is 19.0 Å². The van der Waals surface area contributed by atoms with Crippen LogP contribution < -0.4 is 15.4 Å². The van der Waals surface area contributed by atoms with E-state index < -0.39 is 15.1 Å². The molecule has 0 amide bonds. The van der Waals surface area contributed by atoms with Gasteiger partial charge in [-0.05, 0) is 71.4 Å². The summed E-state index contributed by atoms with van der Waals surface area (Å²) < 4.78 is 43.8. The number of hydrogen-bond acceptors (Lipinski definition) is 13. The molecule has 2 aliphatic rings. The Morgan fingerprint density at radius 3 is 2.25 bits per heavy atom. The number of aromatic nitrogens is 3. The molecule has 0 bridgehead atoms. The van der Waals surface area contributed by atoms with Crippen molar-refractivity contribution in [2.24, 2.45) is 0 Å². The van der Waals surface area contributed by atoms with E-state index in [0.29, 0.717) is 34.7 Å². The fourth-order valence-electron chi connectivity index (χ4n) is 6.37. The Hall–Kier alpha value is -4.08. The number of benzene rings is 2. The smallest absolute Gasteiger partial charge is 0.229 e. The van der Waals surface area contributed by atoms with E-state index in [1.165, 1.54) is 0 Å². The SMILES string of the molecule is Cc1cc(OC(C)C)c(Nc2ncc(C)c(Nc3ccccc3S(=O)(=O)C(C)C)n2)cc1-c1cc(CN2CCN(CCN3CCOCC3)CC2)no1. The molecule has 4 heterocycles. The lowest BCUT2D eigenvalue weighted by atomic mass is 10.0. The highest BCUT2D eigenvalue weighted by Gasteiger charge is 2.24. The molecule has 0 aliphatic carbocycles. The zero-order valence-corrected chi connectivity index (χ0v) is 32.0. The maximum Gasteiger partial charge on any atom is 0.229 e. The standard InChI is InChI=1S/C38H52N8O5S/c1-26(2)50-35-21-28(5)31(34-22-30(43-51-34)25-46-15-13-44(14-16-46)11-12-45-17-19-49-20-18-45)23-33(35)41-38-39-24-29(6)37(42-38)40-32-9-7-8-10-36(32)52(47,48)27(3)4/h7-10,21-24,26-27H,11-20,25H2,1-6H3,(H2,39,40,41,42). The molecule has 0 saturated carbocycles. The minimum absolute atomic E-state index is 0.0712. The molecule has 2 N–H and O–H groups in total. The summed E-state index contributed by atoms with van der Waals surface area (Å²) in [6.07, 6.45) is 1.63. The lowest BCUT2D eigenvalue weighted by molar-refractivity contribution is 0.0296. The van der Waals surface area contributed by atoms with Crippen LogP contribution in [0.15, 0.2) is 58.1 Å². The number of anilines is 4. The van der Waals surface area contributed by atoms with Gasteiger partial charge in [0, 0.05) is 82.3 Å². The minimum Gasteiger partial charge on any atom is -0.489 e. The zero-order chi connectivity index (χ0) is 36.8. The summed E-state index contributed by atoms with van der Waals surface area (Å²) in [4.78, 5) is 17.0. The molecular formula is C38H52N8O5S. The molecule has 280 valence electrons. The molecule has 52 heavy (non-hydrogen) atoms. The molecule has 2 fully saturated rings. The molecule has 14 heteroatoms. The van der Waals surface area contributed by atoms with Gasteiger partial charge in [-0.1, -0.05) is 17.3 Å². The first-order valence-electron chi connectivity index (χ1n) is 18.2. The van der Waals surface area contributed by atoms with Gasteiger partial charge in [-0.2, -0.15) is 4.98 Å². The van der Waals surface area contributed by atoms with Crippen molar-refractivity contribution < 1.29 is 22.4 Å². The molecule has 0 spiro atoms. The lowest BCUT2D eigenvalue weighted by Crippen LogP contribution is -2.49. The van der Waals surface area contributed by atoms with Crippen molar-refractivity contribution in [2.45, 2.75) is 64.3 Å². The number of para-hydroxylation sites is 1. The van der Waals surface area contributed by atoms with Crippen LogP contribution in [-0.2, 0) is 21.1 Å². The van der Waals surface area contributed by atoms with E-state index in [9.17, 15) is 8.42 Å². The third-order valence-corrected chi connectivity index (χ3v) is 11.7. The summed E-state index contributed by atoms with van der Waals surface area (Å²) in [6.45, 7) is 21.9. The molecule has 2 aliphatic heterocycles. The van der Waals surface area contributed by atoms with Gasteiger partial charge >= 0.3 is 0 Å². The maximum atomic E-state index is 13.1. The largest absolute Gasteiger partial charge is 0.489 e. The molecule has 4 aromatic rings. The van der Waals surface area contributed by atoms with Gasteiger partial charge < -0.3 is 24.6 Å². The Balaban J connectivity index is 1.16. The monoisotopic (exact) mass is 732 g/mol. The van der Waals surface area contributed by atoms with Gasteiger partial charge in [0.25, 0.3) is 0 Å². The number of rotatable bonds is 14. The van der Waals surface area contributed by atoms with Gasteiger partial charge in [-0.15, -0.1) is 0 Å². The fourth-order valence-corrected chi connectivity index (χ4v) is 7.57. The fraction of sp³-hybridized carbons (Fsp3) is 0.500. The molecule has 2 saturated heterocycles. The van der Waals surface area contributed by atoms with Crippen molar-refractivity contribution in [3.63, 3.8) is 0 Å². The number of ether oxygens (including phenoxy) is 2. The molecule has 0 radical (unpaired) electrons. The second kappa shape index (κ2) is 16.7. The van der Waals surface area contributed by atoms with E-state index in [1.807, 2.05) is 45.9 Å². The van der Waals surface area contributed by atoms with Gasteiger partial charge in [0.1, 0.15) is 11.6 Å². The number of aryl methyl sites for hydroxylation is 2. The Morgan fingerprint density at radius 2 is 1.54 bits per heavy atom. The number of sulfone groups is 1. The van der Waals surface area contributed by atoms with Gasteiger partial charge in [0.2, 0.25) is 5.95 Å². The number of nitrogens with zero attached hydrogens (tertiary/aromatic N) is 6. The van der Waals surface area contributed by atoms with Gasteiger partial charge in [0.15, 0.2) is 15.6 Å². The highest BCUT2D eigenvalue weighted by molar-refractivity contribution is 7.92. The van der Waals surface area contributed by atoms with Crippen LogP contribution in [0.5, 0.6) is 5.75 Å². The van der Waals surface area contributed by atoms with E-state index >= 15 is 0 Å². The first-order chi connectivity index (χ1) is 25.0. The third-order valence-electron chi connectivity index (χ3n) is 9.49. The van der Waals surface area contributed by atoms with E-state index in [-0.39, 0.29) is 11.0 Å². The van der Waals surface area contributed by atoms with Crippen LogP contribution in [-0.4, -0.2) is 115 Å². The summed E-state index contributed by atoms with van der Waals surface area (Å²) in [5.74, 6) is 2.13. The highest BCUT2D eigenvalue weighted by atomic mass is 32.2. The Labute approximate surface area is 307 Å². The van der Waals surface area contributed by atoms with Crippen LogP contribution in [0, 0.1) is 13.8 Å². The second-order valence-corrected chi connectivity index (χ2v) is 16.6. The first kappa shape index (κ1) is 37.7. The topological polar surface area (TPSA) is 138 Å². The summed E-state index contributed by atoms with van der Waals surface area (Å²) in [6, 6.07) is 12.8. The zero-order valence-electron chi connectivity index (χ0n) is 31.2. The third kappa shape index (κ3) is 9.28. The average molecular weight is 733 g/mol. The van der Waals surface area contributed by atoms with Crippen LogP contribution in [0.1, 0.15) is 44.5 Å². The Bertz CT molecular complexity index is 1920. The number of hydrogen-bond donors (Lipinski definition) is 2. The van der Waals surface area contributed by atoms with E-state index in [2.05, 4.69) is 35.5 Å².